The monoisotopic (exact) mass is 235 g/mol. The van der Waals surface area contributed by atoms with Gasteiger partial charge in [0.2, 0.25) is 0 Å². The molecule has 1 aromatic heterocycles. The minimum atomic E-state index is -0.294. The quantitative estimate of drug-likeness (QED) is 0.865. The van der Waals surface area contributed by atoms with Crippen LogP contribution < -0.4 is 5.32 Å². The molecule has 90 valence electrons. The maximum absolute atomic E-state index is 13.9. The normalized spacial score (nSPS) is 10.8. The van der Waals surface area contributed by atoms with Gasteiger partial charge in [-0.2, -0.15) is 4.68 Å². The van der Waals surface area contributed by atoms with E-state index in [2.05, 4.69) is 20.8 Å². The van der Waals surface area contributed by atoms with Crippen molar-refractivity contribution in [3.05, 3.63) is 35.4 Å². The summed E-state index contributed by atoms with van der Waals surface area (Å²) in [7, 11) is 0. The molecule has 0 atom stereocenters. The Morgan fingerprint density at radius 3 is 3.00 bits per heavy atom. The maximum atomic E-state index is 13.9. The average Bonchev–Trinajstić information content (AvgIpc) is 2.78. The number of hydrogen-bond donors (Lipinski definition) is 1. The van der Waals surface area contributed by atoms with E-state index in [0.29, 0.717) is 23.6 Å². The molecule has 1 aromatic carbocycles. The topological polar surface area (TPSA) is 55.6 Å². The van der Waals surface area contributed by atoms with Crippen molar-refractivity contribution in [2.45, 2.75) is 20.4 Å². The maximum Gasteiger partial charge on any atom is 0.170 e. The van der Waals surface area contributed by atoms with Crippen LogP contribution in [0.4, 0.5) is 4.39 Å². The SMILES string of the molecule is CCNCc1nnnn1-c1cccc(C)c1F. The molecule has 6 heteroatoms. The number of halogens is 1. The van der Waals surface area contributed by atoms with Crippen molar-refractivity contribution in [1.82, 2.24) is 25.5 Å². The number of nitrogens with one attached hydrogen (secondary N) is 1. The lowest BCUT2D eigenvalue weighted by atomic mass is 10.2. The average molecular weight is 235 g/mol. The van der Waals surface area contributed by atoms with Gasteiger partial charge >= 0.3 is 0 Å². The summed E-state index contributed by atoms with van der Waals surface area (Å²) in [4.78, 5) is 0. The molecule has 1 N–H and O–H groups in total. The largest absolute Gasteiger partial charge is 0.310 e. The van der Waals surface area contributed by atoms with Gasteiger partial charge in [-0.1, -0.05) is 19.1 Å². The van der Waals surface area contributed by atoms with Gasteiger partial charge in [0.15, 0.2) is 11.6 Å². The standard InChI is InChI=1S/C11H14FN5/c1-3-13-7-10-14-15-16-17(10)9-6-4-5-8(2)11(9)12/h4-6,13H,3,7H2,1-2H3. The first-order valence-electron chi connectivity index (χ1n) is 5.47. The number of aromatic nitrogens is 4. The molecule has 0 fully saturated rings. The predicted octanol–water partition coefficient (Wildman–Crippen LogP) is 1.22. The van der Waals surface area contributed by atoms with Gasteiger partial charge in [-0.15, -0.1) is 5.10 Å². The second-order valence-electron chi connectivity index (χ2n) is 3.70. The van der Waals surface area contributed by atoms with Crippen LogP contribution in [0.25, 0.3) is 5.69 Å². The van der Waals surface area contributed by atoms with E-state index < -0.39 is 0 Å². The molecule has 0 amide bonds. The van der Waals surface area contributed by atoms with Gasteiger partial charge < -0.3 is 5.32 Å². The molecule has 0 radical (unpaired) electrons. The molecule has 17 heavy (non-hydrogen) atoms. The predicted molar refractivity (Wildman–Crippen MR) is 61.2 cm³/mol. The Kier molecular flexibility index (Phi) is 3.43. The van der Waals surface area contributed by atoms with E-state index >= 15 is 0 Å². The first-order valence-corrected chi connectivity index (χ1v) is 5.47. The molecule has 0 saturated heterocycles. The Morgan fingerprint density at radius 2 is 2.24 bits per heavy atom. The lowest BCUT2D eigenvalue weighted by Crippen LogP contribution is -2.17. The van der Waals surface area contributed by atoms with Crippen molar-refractivity contribution in [1.29, 1.82) is 0 Å². The summed E-state index contributed by atoms with van der Waals surface area (Å²) in [5, 5.41) is 14.4. The molecule has 0 aliphatic heterocycles. The van der Waals surface area contributed by atoms with Crippen LogP contribution in [0.15, 0.2) is 18.2 Å². The van der Waals surface area contributed by atoms with E-state index in [0.717, 1.165) is 6.54 Å². The number of hydrogen-bond acceptors (Lipinski definition) is 4. The Morgan fingerprint density at radius 1 is 1.41 bits per heavy atom. The zero-order valence-electron chi connectivity index (χ0n) is 9.81. The molecule has 0 aliphatic carbocycles. The summed E-state index contributed by atoms with van der Waals surface area (Å²) in [5.74, 6) is 0.300. The van der Waals surface area contributed by atoms with Crippen LogP contribution in [0, 0.1) is 12.7 Å². The van der Waals surface area contributed by atoms with Crippen molar-refractivity contribution in [2.24, 2.45) is 0 Å². The van der Waals surface area contributed by atoms with Crippen molar-refractivity contribution in [3.63, 3.8) is 0 Å². The number of tetrazole rings is 1. The van der Waals surface area contributed by atoms with Crippen LogP contribution in [0.1, 0.15) is 18.3 Å². The van der Waals surface area contributed by atoms with Gasteiger partial charge in [0.1, 0.15) is 5.69 Å². The summed E-state index contributed by atoms with van der Waals surface area (Å²) >= 11 is 0. The summed E-state index contributed by atoms with van der Waals surface area (Å²) in [5.41, 5.74) is 0.954. The second kappa shape index (κ2) is 5.01. The second-order valence-corrected chi connectivity index (χ2v) is 3.70. The molecule has 5 nitrogen and oxygen atoms in total. The fourth-order valence-corrected chi connectivity index (χ4v) is 1.54. The van der Waals surface area contributed by atoms with Crippen molar-refractivity contribution >= 4 is 0 Å². The Hall–Kier alpha value is -1.82. The third-order valence-electron chi connectivity index (χ3n) is 2.47. The molecule has 2 aromatic rings. The summed E-state index contributed by atoms with van der Waals surface area (Å²) < 4.78 is 15.4. The number of rotatable bonds is 4. The number of aryl methyl sites for hydroxylation is 1. The summed E-state index contributed by atoms with van der Waals surface area (Å²) in [6.45, 7) is 5.02. The van der Waals surface area contributed by atoms with Crippen molar-refractivity contribution in [2.75, 3.05) is 6.54 Å². The van der Waals surface area contributed by atoms with Crippen molar-refractivity contribution < 1.29 is 4.39 Å². The summed E-state index contributed by atoms with van der Waals surface area (Å²) in [6.07, 6.45) is 0. The molecule has 0 bridgehead atoms. The van der Waals surface area contributed by atoms with Crippen molar-refractivity contribution in [3.8, 4) is 5.69 Å². The fourth-order valence-electron chi connectivity index (χ4n) is 1.54. The molecule has 0 spiro atoms. The highest BCUT2D eigenvalue weighted by Gasteiger charge is 2.12. The van der Waals surface area contributed by atoms with E-state index in [4.69, 9.17) is 0 Å². The third kappa shape index (κ3) is 2.31. The Balaban J connectivity index is 2.39. The van der Waals surface area contributed by atoms with Crippen LogP contribution in [0.2, 0.25) is 0 Å². The minimum absolute atomic E-state index is 0.294. The van der Waals surface area contributed by atoms with E-state index in [1.54, 1.807) is 25.1 Å². The molecule has 1 heterocycles. The highest BCUT2D eigenvalue weighted by atomic mass is 19.1. The smallest absolute Gasteiger partial charge is 0.170 e. The number of benzene rings is 1. The molecular weight excluding hydrogens is 221 g/mol. The van der Waals surface area contributed by atoms with Gasteiger partial charge in [-0.3, -0.25) is 0 Å². The van der Waals surface area contributed by atoms with Gasteiger partial charge in [0, 0.05) is 0 Å². The zero-order chi connectivity index (χ0) is 12.3. The van der Waals surface area contributed by atoms with E-state index in [1.165, 1.54) is 4.68 Å². The first-order chi connectivity index (χ1) is 8.24. The zero-order valence-corrected chi connectivity index (χ0v) is 9.81. The lowest BCUT2D eigenvalue weighted by molar-refractivity contribution is 0.588. The Labute approximate surface area is 98.6 Å². The van der Waals surface area contributed by atoms with Gasteiger partial charge in [0.05, 0.1) is 6.54 Å². The van der Waals surface area contributed by atoms with E-state index in [-0.39, 0.29) is 5.82 Å². The third-order valence-corrected chi connectivity index (χ3v) is 2.47. The first kappa shape index (κ1) is 11.7. The lowest BCUT2D eigenvalue weighted by Gasteiger charge is -2.07. The van der Waals surface area contributed by atoms with Crippen LogP contribution in [-0.2, 0) is 6.54 Å². The van der Waals surface area contributed by atoms with E-state index in [1.807, 2.05) is 6.92 Å². The molecule has 2 rings (SSSR count). The van der Waals surface area contributed by atoms with Crippen LogP contribution in [0.3, 0.4) is 0 Å². The highest BCUT2D eigenvalue weighted by molar-refractivity contribution is 5.37. The summed E-state index contributed by atoms with van der Waals surface area (Å²) in [6, 6.07) is 5.16. The highest BCUT2D eigenvalue weighted by Crippen LogP contribution is 2.16. The fraction of sp³-hybridized carbons (Fsp3) is 0.364. The van der Waals surface area contributed by atoms with Crippen LogP contribution in [-0.4, -0.2) is 26.8 Å². The van der Waals surface area contributed by atoms with Gasteiger partial charge in [0.25, 0.3) is 0 Å². The molecule has 0 unspecified atom stereocenters. The van der Waals surface area contributed by atoms with Gasteiger partial charge in [-0.25, -0.2) is 4.39 Å². The van der Waals surface area contributed by atoms with Crippen LogP contribution >= 0.6 is 0 Å². The minimum Gasteiger partial charge on any atom is -0.310 e. The number of nitrogens with zero attached hydrogens (tertiary/aromatic N) is 4. The molecule has 0 aliphatic rings. The molecule has 0 saturated carbocycles. The Bertz CT molecular complexity index is 508. The van der Waals surface area contributed by atoms with Crippen LogP contribution in [0.5, 0.6) is 0 Å². The molecular formula is C11H14FN5. The van der Waals surface area contributed by atoms with E-state index in [9.17, 15) is 4.39 Å². The van der Waals surface area contributed by atoms with Gasteiger partial charge in [-0.05, 0) is 35.5 Å².